The summed E-state index contributed by atoms with van der Waals surface area (Å²) < 4.78 is 4.37. The summed E-state index contributed by atoms with van der Waals surface area (Å²) in [6.45, 7) is 0. The first-order valence-corrected chi connectivity index (χ1v) is 4.10. The first-order valence-electron chi connectivity index (χ1n) is 4.10. The number of carbonyl (C=O) groups excluding carboxylic acids is 2. The van der Waals surface area contributed by atoms with Crippen LogP contribution in [0, 0.1) is 10.1 Å². The second kappa shape index (κ2) is 3.16. The third-order valence-electron chi connectivity index (χ3n) is 2.06. The number of non-ortho nitro benzene ring substituents is 1. The van der Waals surface area contributed by atoms with E-state index < -0.39 is 16.9 Å². The lowest BCUT2D eigenvalue weighted by atomic mass is 10.0. The Hall–Kier alpha value is -2.24. The lowest BCUT2D eigenvalue weighted by molar-refractivity contribution is -0.384. The molecule has 0 fully saturated rings. The molecule has 0 unspecified atom stereocenters. The third-order valence-corrected chi connectivity index (χ3v) is 2.06. The SMILES string of the molecule is O=C1Cc2cc([N+](=O)[O-])ccc2C(=O)O1. The molecule has 0 spiro atoms. The van der Waals surface area contributed by atoms with E-state index in [0.717, 1.165) is 0 Å². The molecule has 0 amide bonds. The molecule has 0 atom stereocenters. The molecule has 1 aromatic carbocycles. The van der Waals surface area contributed by atoms with Gasteiger partial charge >= 0.3 is 11.9 Å². The van der Waals surface area contributed by atoms with Gasteiger partial charge in [0.25, 0.3) is 5.69 Å². The third kappa shape index (κ3) is 1.56. The Labute approximate surface area is 83.6 Å². The Morgan fingerprint density at radius 2 is 2.07 bits per heavy atom. The van der Waals surface area contributed by atoms with Crippen molar-refractivity contribution in [3.63, 3.8) is 0 Å². The van der Waals surface area contributed by atoms with Crippen LogP contribution in [0.2, 0.25) is 0 Å². The molecule has 0 saturated carbocycles. The van der Waals surface area contributed by atoms with Crippen LogP contribution in [0.25, 0.3) is 0 Å². The number of nitro groups is 1. The van der Waals surface area contributed by atoms with Gasteiger partial charge in [-0.2, -0.15) is 0 Å². The minimum absolute atomic E-state index is 0.108. The average molecular weight is 207 g/mol. The van der Waals surface area contributed by atoms with E-state index in [1.807, 2.05) is 0 Å². The average Bonchev–Trinajstić information content (AvgIpc) is 2.16. The summed E-state index contributed by atoms with van der Waals surface area (Å²) in [4.78, 5) is 31.9. The van der Waals surface area contributed by atoms with Crippen molar-refractivity contribution in [1.29, 1.82) is 0 Å². The summed E-state index contributed by atoms with van der Waals surface area (Å²) in [5, 5.41) is 10.5. The standard InChI is InChI=1S/C9H5NO5/c11-8-4-5-3-6(10(13)14)1-2-7(5)9(12)15-8/h1-3H,4H2. The van der Waals surface area contributed by atoms with Crippen molar-refractivity contribution in [1.82, 2.24) is 0 Å². The second-order valence-corrected chi connectivity index (χ2v) is 3.04. The summed E-state index contributed by atoms with van der Waals surface area (Å²) in [5.74, 6) is -1.44. The fourth-order valence-corrected chi connectivity index (χ4v) is 1.39. The highest BCUT2D eigenvalue weighted by Crippen LogP contribution is 2.22. The summed E-state index contributed by atoms with van der Waals surface area (Å²) in [5.41, 5.74) is 0.405. The van der Waals surface area contributed by atoms with Gasteiger partial charge in [0.2, 0.25) is 0 Å². The highest BCUT2D eigenvalue weighted by molar-refractivity contribution is 6.02. The Morgan fingerprint density at radius 3 is 2.73 bits per heavy atom. The van der Waals surface area contributed by atoms with Crippen molar-refractivity contribution in [3.8, 4) is 0 Å². The number of hydrogen-bond donors (Lipinski definition) is 0. The molecule has 0 bridgehead atoms. The molecule has 6 heteroatoms. The van der Waals surface area contributed by atoms with Crippen LogP contribution in [0.3, 0.4) is 0 Å². The summed E-state index contributed by atoms with van der Waals surface area (Å²) >= 11 is 0. The first-order chi connectivity index (χ1) is 7.08. The van der Waals surface area contributed by atoms with Crippen LogP contribution in [-0.4, -0.2) is 16.9 Å². The number of nitro benzene ring substituents is 1. The van der Waals surface area contributed by atoms with Crippen LogP contribution >= 0.6 is 0 Å². The van der Waals surface area contributed by atoms with E-state index in [0.29, 0.717) is 5.56 Å². The predicted octanol–water partition coefficient (Wildman–Crippen LogP) is 0.834. The van der Waals surface area contributed by atoms with Crippen molar-refractivity contribution in [3.05, 3.63) is 39.4 Å². The number of rotatable bonds is 1. The lowest BCUT2D eigenvalue weighted by Crippen LogP contribution is -2.22. The number of cyclic esters (lactones) is 2. The molecule has 1 aromatic rings. The van der Waals surface area contributed by atoms with Crippen LogP contribution in [-0.2, 0) is 16.0 Å². The number of esters is 2. The molecule has 0 N–H and O–H groups in total. The van der Waals surface area contributed by atoms with Crippen molar-refractivity contribution in [2.75, 3.05) is 0 Å². The molecule has 76 valence electrons. The maximum Gasteiger partial charge on any atom is 0.346 e. The van der Waals surface area contributed by atoms with E-state index >= 15 is 0 Å². The van der Waals surface area contributed by atoms with Gasteiger partial charge in [-0.3, -0.25) is 14.9 Å². The van der Waals surface area contributed by atoms with Gasteiger partial charge in [0.1, 0.15) is 0 Å². The van der Waals surface area contributed by atoms with Crippen LogP contribution in [0.4, 0.5) is 5.69 Å². The van der Waals surface area contributed by atoms with Crippen molar-refractivity contribution in [2.24, 2.45) is 0 Å². The first kappa shape index (κ1) is 9.32. The van der Waals surface area contributed by atoms with E-state index in [-0.39, 0.29) is 17.7 Å². The molecular weight excluding hydrogens is 202 g/mol. The number of benzene rings is 1. The summed E-state index contributed by atoms with van der Waals surface area (Å²) in [6, 6.07) is 3.71. The molecule has 15 heavy (non-hydrogen) atoms. The smallest absolute Gasteiger partial charge is 0.346 e. The van der Waals surface area contributed by atoms with Gasteiger partial charge in [-0.1, -0.05) is 0 Å². The van der Waals surface area contributed by atoms with Crippen LogP contribution in [0.1, 0.15) is 15.9 Å². The summed E-state index contributed by atoms with van der Waals surface area (Å²) in [7, 11) is 0. The van der Waals surface area contributed by atoms with Crippen molar-refractivity contribution >= 4 is 17.6 Å². The molecule has 2 rings (SSSR count). The number of carbonyl (C=O) groups is 2. The fourth-order valence-electron chi connectivity index (χ4n) is 1.39. The van der Waals surface area contributed by atoms with Gasteiger partial charge < -0.3 is 4.74 Å². The van der Waals surface area contributed by atoms with Crippen molar-refractivity contribution in [2.45, 2.75) is 6.42 Å². The van der Waals surface area contributed by atoms with Gasteiger partial charge in [-0.15, -0.1) is 0 Å². The number of ether oxygens (including phenoxy) is 1. The zero-order valence-electron chi connectivity index (χ0n) is 7.43. The molecule has 0 radical (unpaired) electrons. The van der Waals surface area contributed by atoms with Gasteiger partial charge in [0, 0.05) is 12.1 Å². The zero-order valence-corrected chi connectivity index (χ0v) is 7.43. The Bertz CT molecular complexity index is 479. The molecule has 0 aromatic heterocycles. The monoisotopic (exact) mass is 207 g/mol. The Kier molecular flexibility index (Phi) is 1.96. The Balaban J connectivity index is 2.52. The maximum absolute atomic E-state index is 11.2. The van der Waals surface area contributed by atoms with E-state index in [1.165, 1.54) is 18.2 Å². The van der Waals surface area contributed by atoms with Crippen LogP contribution in [0.5, 0.6) is 0 Å². The van der Waals surface area contributed by atoms with Gasteiger partial charge in [-0.25, -0.2) is 4.79 Å². The highest BCUT2D eigenvalue weighted by Gasteiger charge is 2.26. The normalized spacial score (nSPS) is 14.4. The molecule has 0 aliphatic carbocycles. The number of nitrogens with zero attached hydrogens (tertiary/aromatic N) is 1. The minimum atomic E-state index is -0.754. The topological polar surface area (TPSA) is 86.5 Å². The van der Waals surface area contributed by atoms with E-state index in [2.05, 4.69) is 4.74 Å². The van der Waals surface area contributed by atoms with E-state index in [4.69, 9.17) is 0 Å². The van der Waals surface area contributed by atoms with E-state index in [9.17, 15) is 19.7 Å². The lowest BCUT2D eigenvalue weighted by Gasteiger charge is -2.12. The summed E-state index contributed by atoms with van der Waals surface area (Å²) in [6.07, 6.45) is -0.108. The highest BCUT2D eigenvalue weighted by atomic mass is 16.6. The largest absolute Gasteiger partial charge is 0.389 e. The molecular formula is C9H5NO5. The quantitative estimate of drug-likeness (QED) is 0.294. The molecule has 1 aliphatic heterocycles. The van der Waals surface area contributed by atoms with Gasteiger partial charge in [0.05, 0.1) is 16.9 Å². The predicted molar refractivity (Wildman–Crippen MR) is 47.2 cm³/mol. The van der Waals surface area contributed by atoms with Crippen molar-refractivity contribution < 1.29 is 19.2 Å². The number of fused-ring (bicyclic) bond motifs is 1. The maximum atomic E-state index is 11.2. The molecule has 1 aliphatic rings. The Morgan fingerprint density at radius 1 is 1.33 bits per heavy atom. The van der Waals surface area contributed by atoms with Crippen LogP contribution in [0.15, 0.2) is 18.2 Å². The number of hydrogen-bond acceptors (Lipinski definition) is 5. The molecule has 1 heterocycles. The van der Waals surface area contributed by atoms with Gasteiger partial charge in [-0.05, 0) is 11.6 Å². The zero-order chi connectivity index (χ0) is 11.0. The fraction of sp³-hybridized carbons (Fsp3) is 0.111. The van der Waals surface area contributed by atoms with Crippen LogP contribution < -0.4 is 0 Å². The van der Waals surface area contributed by atoms with Gasteiger partial charge in [0.15, 0.2) is 0 Å². The minimum Gasteiger partial charge on any atom is -0.389 e. The molecule has 0 saturated heterocycles. The second-order valence-electron chi connectivity index (χ2n) is 3.04. The van der Waals surface area contributed by atoms with E-state index in [1.54, 1.807) is 0 Å². The molecule has 6 nitrogen and oxygen atoms in total.